The molecule has 3 heteroatoms. The number of carboxylic acid groups (broad SMARTS) is 1. The summed E-state index contributed by atoms with van der Waals surface area (Å²) in [6, 6.07) is 5.80. The Kier molecular flexibility index (Phi) is 3.15. The zero-order valence-electron chi connectivity index (χ0n) is 9.24. The van der Waals surface area contributed by atoms with Crippen LogP contribution in [0.5, 0.6) is 0 Å². The standard InChI is InChI=1S/C12H16O3/c1-8-4-9(2)6-10(5-8)7-12(3,15)11(13)14/h4-6,15H,7H2,1-3H3,(H,13,14). The first-order valence-electron chi connectivity index (χ1n) is 4.84. The van der Waals surface area contributed by atoms with Gasteiger partial charge in [0.15, 0.2) is 5.60 Å². The van der Waals surface area contributed by atoms with Crippen LogP contribution in [0.15, 0.2) is 18.2 Å². The summed E-state index contributed by atoms with van der Waals surface area (Å²) in [6.07, 6.45) is 0.130. The van der Waals surface area contributed by atoms with Crippen LogP contribution in [0.25, 0.3) is 0 Å². The molecular weight excluding hydrogens is 192 g/mol. The van der Waals surface area contributed by atoms with E-state index in [0.29, 0.717) is 0 Å². The van der Waals surface area contributed by atoms with Crippen molar-refractivity contribution < 1.29 is 15.0 Å². The Morgan fingerprint density at radius 3 is 2.13 bits per heavy atom. The minimum Gasteiger partial charge on any atom is -0.479 e. The first-order chi connectivity index (χ1) is 6.81. The highest BCUT2D eigenvalue weighted by Gasteiger charge is 2.29. The Morgan fingerprint density at radius 2 is 1.73 bits per heavy atom. The molecule has 0 aromatic heterocycles. The van der Waals surface area contributed by atoms with Gasteiger partial charge in [0.2, 0.25) is 0 Å². The van der Waals surface area contributed by atoms with Gasteiger partial charge in [0.1, 0.15) is 0 Å². The van der Waals surface area contributed by atoms with Crippen LogP contribution < -0.4 is 0 Å². The first kappa shape index (κ1) is 11.7. The van der Waals surface area contributed by atoms with Crippen LogP contribution in [0.3, 0.4) is 0 Å². The summed E-state index contributed by atoms with van der Waals surface area (Å²) in [5, 5.41) is 18.4. The van der Waals surface area contributed by atoms with Crippen LogP contribution in [-0.4, -0.2) is 21.8 Å². The molecule has 1 rings (SSSR count). The van der Waals surface area contributed by atoms with E-state index in [9.17, 15) is 9.90 Å². The molecular formula is C12H16O3. The van der Waals surface area contributed by atoms with Gasteiger partial charge in [-0.05, 0) is 26.3 Å². The molecule has 1 atom stereocenters. The zero-order valence-corrected chi connectivity index (χ0v) is 9.24. The van der Waals surface area contributed by atoms with Crippen LogP contribution in [0.2, 0.25) is 0 Å². The molecule has 0 saturated heterocycles. The molecule has 2 N–H and O–H groups in total. The monoisotopic (exact) mass is 208 g/mol. The largest absolute Gasteiger partial charge is 0.479 e. The van der Waals surface area contributed by atoms with Gasteiger partial charge >= 0.3 is 5.97 Å². The zero-order chi connectivity index (χ0) is 11.6. The molecule has 0 radical (unpaired) electrons. The van der Waals surface area contributed by atoms with Crippen molar-refractivity contribution in [3.63, 3.8) is 0 Å². The third-order valence-electron chi connectivity index (χ3n) is 2.29. The summed E-state index contributed by atoms with van der Waals surface area (Å²) in [4.78, 5) is 10.7. The van der Waals surface area contributed by atoms with Crippen molar-refractivity contribution in [1.82, 2.24) is 0 Å². The average Bonchev–Trinajstić information content (AvgIpc) is 1.99. The lowest BCUT2D eigenvalue weighted by Gasteiger charge is -2.18. The second-order valence-corrected chi connectivity index (χ2v) is 4.25. The van der Waals surface area contributed by atoms with E-state index in [-0.39, 0.29) is 6.42 Å². The van der Waals surface area contributed by atoms with Crippen molar-refractivity contribution in [3.05, 3.63) is 34.9 Å². The Labute approximate surface area is 89.4 Å². The van der Waals surface area contributed by atoms with Crippen molar-refractivity contribution in [2.45, 2.75) is 32.8 Å². The van der Waals surface area contributed by atoms with Crippen LogP contribution in [0.1, 0.15) is 23.6 Å². The van der Waals surface area contributed by atoms with Crippen molar-refractivity contribution >= 4 is 5.97 Å². The highest BCUT2D eigenvalue weighted by Crippen LogP contribution is 2.16. The molecule has 82 valence electrons. The lowest BCUT2D eigenvalue weighted by atomic mass is 9.94. The molecule has 1 aromatic carbocycles. The maximum atomic E-state index is 10.7. The molecule has 1 unspecified atom stereocenters. The number of carbonyl (C=O) groups is 1. The maximum absolute atomic E-state index is 10.7. The third kappa shape index (κ3) is 3.06. The van der Waals surface area contributed by atoms with E-state index in [1.54, 1.807) is 0 Å². The smallest absolute Gasteiger partial charge is 0.335 e. The van der Waals surface area contributed by atoms with Crippen LogP contribution in [0.4, 0.5) is 0 Å². The number of hydrogen-bond acceptors (Lipinski definition) is 2. The van der Waals surface area contributed by atoms with Crippen LogP contribution in [0, 0.1) is 13.8 Å². The molecule has 0 saturated carbocycles. The molecule has 0 aliphatic heterocycles. The molecule has 1 aromatic rings. The Bertz CT molecular complexity index is 360. The van der Waals surface area contributed by atoms with Gasteiger partial charge < -0.3 is 10.2 Å². The molecule has 0 aliphatic carbocycles. The summed E-state index contributed by atoms with van der Waals surface area (Å²) in [7, 11) is 0. The number of rotatable bonds is 3. The van der Waals surface area contributed by atoms with Gasteiger partial charge in [-0.3, -0.25) is 0 Å². The van der Waals surface area contributed by atoms with E-state index in [4.69, 9.17) is 5.11 Å². The summed E-state index contributed by atoms with van der Waals surface area (Å²) < 4.78 is 0. The first-order valence-corrected chi connectivity index (χ1v) is 4.84. The van der Waals surface area contributed by atoms with Crippen molar-refractivity contribution in [2.75, 3.05) is 0 Å². The van der Waals surface area contributed by atoms with E-state index in [1.165, 1.54) is 6.92 Å². The summed E-state index contributed by atoms with van der Waals surface area (Å²) >= 11 is 0. The minimum absolute atomic E-state index is 0.130. The second kappa shape index (κ2) is 4.03. The second-order valence-electron chi connectivity index (χ2n) is 4.25. The van der Waals surface area contributed by atoms with E-state index >= 15 is 0 Å². The summed E-state index contributed by atoms with van der Waals surface area (Å²) in [5.41, 5.74) is 1.30. The molecule has 3 nitrogen and oxygen atoms in total. The van der Waals surface area contributed by atoms with Gasteiger partial charge in [-0.25, -0.2) is 4.79 Å². The summed E-state index contributed by atoms with van der Waals surface area (Å²) in [6.45, 7) is 5.21. The van der Waals surface area contributed by atoms with Gasteiger partial charge in [0.25, 0.3) is 0 Å². The fourth-order valence-electron chi connectivity index (χ4n) is 1.64. The van der Waals surface area contributed by atoms with Gasteiger partial charge in [-0.1, -0.05) is 29.3 Å². The van der Waals surface area contributed by atoms with Crippen molar-refractivity contribution in [3.8, 4) is 0 Å². The normalized spacial score (nSPS) is 14.7. The quantitative estimate of drug-likeness (QED) is 0.794. The molecule has 0 aliphatic rings. The SMILES string of the molecule is Cc1cc(C)cc(CC(C)(O)C(=O)O)c1. The number of aliphatic hydroxyl groups is 1. The Balaban J connectivity index is 2.94. The van der Waals surface area contributed by atoms with Crippen LogP contribution >= 0.6 is 0 Å². The number of carboxylic acids is 1. The fraction of sp³-hybridized carbons (Fsp3) is 0.417. The van der Waals surface area contributed by atoms with E-state index in [0.717, 1.165) is 16.7 Å². The topological polar surface area (TPSA) is 57.5 Å². The number of aryl methyl sites for hydroxylation is 2. The molecule has 0 amide bonds. The molecule has 0 bridgehead atoms. The average molecular weight is 208 g/mol. The highest BCUT2D eigenvalue weighted by atomic mass is 16.4. The van der Waals surface area contributed by atoms with Gasteiger partial charge in [-0.15, -0.1) is 0 Å². The lowest BCUT2D eigenvalue weighted by Crippen LogP contribution is -2.37. The van der Waals surface area contributed by atoms with E-state index in [1.807, 2.05) is 32.0 Å². The molecule has 0 fully saturated rings. The van der Waals surface area contributed by atoms with E-state index in [2.05, 4.69) is 0 Å². The van der Waals surface area contributed by atoms with Gasteiger partial charge in [0.05, 0.1) is 0 Å². The van der Waals surface area contributed by atoms with Crippen molar-refractivity contribution in [2.24, 2.45) is 0 Å². The Morgan fingerprint density at radius 1 is 1.27 bits per heavy atom. The van der Waals surface area contributed by atoms with Gasteiger partial charge in [0, 0.05) is 6.42 Å². The van der Waals surface area contributed by atoms with Crippen molar-refractivity contribution in [1.29, 1.82) is 0 Å². The number of hydrogen-bond donors (Lipinski definition) is 2. The van der Waals surface area contributed by atoms with E-state index < -0.39 is 11.6 Å². The minimum atomic E-state index is -1.69. The molecule has 0 heterocycles. The maximum Gasteiger partial charge on any atom is 0.335 e. The number of benzene rings is 1. The fourth-order valence-corrected chi connectivity index (χ4v) is 1.64. The summed E-state index contributed by atoms with van der Waals surface area (Å²) in [5.74, 6) is -1.19. The van der Waals surface area contributed by atoms with Crippen LogP contribution in [-0.2, 0) is 11.2 Å². The predicted octanol–water partition coefficient (Wildman–Crippen LogP) is 1.68. The van der Waals surface area contributed by atoms with Gasteiger partial charge in [-0.2, -0.15) is 0 Å². The lowest BCUT2D eigenvalue weighted by molar-refractivity contribution is -0.156. The molecule has 0 spiro atoms. The molecule has 15 heavy (non-hydrogen) atoms. The number of aliphatic carboxylic acids is 1. The highest BCUT2D eigenvalue weighted by molar-refractivity contribution is 5.77. The predicted molar refractivity (Wildman–Crippen MR) is 57.9 cm³/mol. The third-order valence-corrected chi connectivity index (χ3v) is 2.29. The Hall–Kier alpha value is -1.35.